The van der Waals surface area contributed by atoms with Gasteiger partial charge < -0.3 is 20.3 Å². The fourth-order valence-corrected chi connectivity index (χ4v) is 9.81. The first-order valence-corrected chi connectivity index (χ1v) is 30.9. The van der Waals surface area contributed by atoms with Crippen LogP contribution in [0, 0.1) is 0 Å². The number of unbranched alkanes of at least 4 members (excludes halogenated alkanes) is 45. The Hall–Kier alpha value is -1.40. The molecule has 404 valence electrons. The Morgan fingerprint density at radius 1 is 0.397 bits per heavy atom. The molecule has 0 aromatic heterocycles. The Labute approximate surface area is 425 Å². The molecule has 0 fully saturated rings. The molecule has 68 heavy (non-hydrogen) atoms. The molecule has 0 bridgehead atoms. The molecule has 0 aromatic rings. The molecular weight excluding hydrogens is 839 g/mol. The van der Waals surface area contributed by atoms with E-state index in [0.29, 0.717) is 25.9 Å². The Morgan fingerprint density at radius 3 is 1.06 bits per heavy atom. The summed E-state index contributed by atoms with van der Waals surface area (Å²) in [4.78, 5) is 24.6. The number of aliphatic hydroxyl groups excluding tert-OH is 2. The molecule has 0 radical (unpaired) electrons. The van der Waals surface area contributed by atoms with Crippen molar-refractivity contribution < 1.29 is 24.5 Å². The summed E-state index contributed by atoms with van der Waals surface area (Å²) in [6.07, 6.45) is 69.3. The van der Waals surface area contributed by atoms with Gasteiger partial charge in [0.05, 0.1) is 25.4 Å². The fourth-order valence-electron chi connectivity index (χ4n) is 9.81. The van der Waals surface area contributed by atoms with Gasteiger partial charge in [-0.05, 0) is 51.4 Å². The van der Waals surface area contributed by atoms with Gasteiger partial charge in [0.15, 0.2) is 0 Å². The third-order valence-electron chi connectivity index (χ3n) is 14.6. The molecule has 0 aromatic carbocycles. The number of ether oxygens (including phenoxy) is 1. The van der Waals surface area contributed by atoms with Gasteiger partial charge in [0.1, 0.15) is 0 Å². The molecule has 0 aliphatic rings. The zero-order valence-corrected chi connectivity index (χ0v) is 46.1. The van der Waals surface area contributed by atoms with Crippen molar-refractivity contribution in [3.63, 3.8) is 0 Å². The second-order valence-corrected chi connectivity index (χ2v) is 21.4. The fraction of sp³-hybridized carbons (Fsp3) is 0.935. The molecule has 0 aliphatic carbocycles. The highest BCUT2D eigenvalue weighted by Gasteiger charge is 2.20. The van der Waals surface area contributed by atoms with Gasteiger partial charge in [-0.3, -0.25) is 9.59 Å². The molecular formula is C62H121NO5. The normalized spacial score (nSPS) is 12.6. The quantitative estimate of drug-likeness (QED) is 0.0321. The van der Waals surface area contributed by atoms with E-state index in [1.165, 1.54) is 263 Å². The average Bonchev–Trinajstić information content (AvgIpc) is 3.34. The molecule has 6 nitrogen and oxygen atoms in total. The minimum absolute atomic E-state index is 0.0102. The number of nitrogens with one attached hydrogen (secondary N) is 1. The molecule has 2 unspecified atom stereocenters. The molecule has 2 atom stereocenters. The molecule has 0 saturated heterocycles. The largest absolute Gasteiger partial charge is 0.466 e. The van der Waals surface area contributed by atoms with Crippen molar-refractivity contribution in [3.05, 3.63) is 12.2 Å². The third-order valence-corrected chi connectivity index (χ3v) is 14.6. The van der Waals surface area contributed by atoms with Crippen LogP contribution in [0.2, 0.25) is 0 Å². The first kappa shape index (κ1) is 66.6. The molecule has 0 spiro atoms. The van der Waals surface area contributed by atoms with Crippen molar-refractivity contribution in [3.8, 4) is 0 Å². The third kappa shape index (κ3) is 53.9. The Morgan fingerprint density at radius 2 is 0.691 bits per heavy atom. The first-order chi connectivity index (χ1) is 33.5. The summed E-state index contributed by atoms with van der Waals surface area (Å²) in [5, 5.41) is 23.4. The number of allylic oxidation sites excluding steroid dienone is 2. The molecule has 0 aliphatic heterocycles. The highest BCUT2D eigenvalue weighted by Crippen LogP contribution is 2.18. The maximum absolute atomic E-state index is 12.5. The van der Waals surface area contributed by atoms with Crippen molar-refractivity contribution in [2.45, 2.75) is 360 Å². The lowest BCUT2D eigenvalue weighted by molar-refractivity contribution is -0.143. The van der Waals surface area contributed by atoms with Crippen LogP contribution in [0.4, 0.5) is 0 Å². The monoisotopic (exact) mass is 960 g/mol. The van der Waals surface area contributed by atoms with Crippen LogP contribution in [0.25, 0.3) is 0 Å². The standard InChI is InChI=1S/C62H121NO5/c1-3-5-7-9-11-13-15-17-18-19-20-21-22-23-24-25-26-27-31-34-38-42-46-50-54-60(65)59(58-64)63-61(66)55-51-47-43-39-35-32-28-29-33-37-41-45-49-53-57-68-62(67)56-52-48-44-40-36-30-16-14-12-10-8-6-4-2/h14,16,59-60,64-65H,3-13,15,17-58H2,1-2H3,(H,63,66)/b16-14-. The van der Waals surface area contributed by atoms with Gasteiger partial charge in [-0.1, -0.05) is 296 Å². The van der Waals surface area contributed by atoms with Crippen LogP contribution in [0.1, 0.15) is 348 Å². The van der Waals surface area contributed by atoms with Gasteiger partial charge in [0, 0.05) is 12.8 Å². The number of aliphatic hydroxyl groups is 2. The SMILES string of the molecule is CCCCCC/C=C\CCCCCCCC(=O)OCCCCCCCCCCCCCCCCC(=O)NC(CO)C(O)CCCCCCCCCCCCCCCCCCCCCCCCCC. The second kappa shape index (κ2) is 58.2. The zero-order chi connectivity index (χ0) is 49.3. The van der Waals surface area contributed by atoms with Crippen LogP contribution in [0.15, 0.2) is 12.2 Å². The van der Waals surface area contributed by atoms with Crippen LogP contribution < -0.4 is 5.32 Å². The minimum Gasteiger partial charge on any atom is -0.466 e. The van der Waals surface area contributed by atoms with E-state index in [2.05, 4.69) is 31.3 Å². The van der Waals surface area contributed by atoms with E-state index in [9.17, 15) is 19.8 Å². The summed E-state index contributed by atoms with van der Waals surface area (Å²) in [6, 6.07) is -0.550. The number of carbonyl (C=O) groups excluding carboxylic acids is 2. The zero-order valence-electron chi connectivity index (χ0n) is 46.1. The summed E-state index contributed by atoms with van der Waals surface area (Å²) in [6.45, 7) is 4.94. The number of amides is 1. The lowest BCUT2D eigenvalue weighted by Crippen LogP contribution is -2.45. The predicted molar refractivity (Wildman–Crippen MR) is 297 cm³/mol. The van der Waals surface area contributed by atoms with Gasteiger partial charge in [0.25, 0.3) is 0 Å². The molecule has 0 heterocycles. The van der Waals surface area contributed by atoms with Gasteiger partial charge in [-0.2, -0.15) is 0 Å². The van der Waals surface area contributed by atoms with E-state index in [0.717, 1.165) is 51.4 Å². The van der Waals surface area contributed by atoms with E-state index in [4.69, 9.17) is 4.74 Å². The average molecular weight is 961 g/mol. The lowest BCUT2D eigenvalue weighted by atomic mass is 10.0. The van der Waals surface area contributed by atoms with Crippen LogP contribution in [-0.2, 0) is 14.3 Å². The maximum atomic E-state index is 12.5. The minimum atomic E-state index is -0.672. The van der Waals surface area contributed by atoms with Crippen LogP contribution in [0.3, 0.4) is 0 Å². The highest BCUT2D eigenvalue weighted by molar-refractivity contribution is 5.76. The van der Waals surface area contributed by atoms with Crippen molar-refractivity contribution in [2.24, 2.45) is 0 Å². The van der Waals surface area contributed by atoms with Gasteiger partial charge in [0.2, 0.25) is 5.91 Å². The van der Waals surface area contributed by atoms with Crippen LogP contribution in [-0.4, -0.2) is 47.4 Å². The highest BCUT2D eigenvalue weighted by atomic mass is 16.5. The van der Waals surface area contributed by atoms with Crippen LogP contribution in [0.5, 0.6) is 0 Å². The van der Waals surface area contributed by atoms with Crippen molar-refractivity contribution >= 4 is 11.9 Å². The van der Waals surface area contributed by atoms with Gasteiger partial charge >= 0.3 is 5.97 Å². The molecule has 0 rings (SSSR count). The summed E-state index contributed by atoms with van der Waals surface area (Å²) in [5.74, 6) is -0.0518. The van der Waals surface area contributed by atoms with Crippen molar-refractivity contribution in [1.82, 2.24) is 5.32 Å². The lowest BCUT2D eigenvalue weighted by Gasteiger charge is -2.22. The maximum Gasteiger partial charge on any atom is 0.305 e. The topological polar surface area (TPSA) is 95.9 Å². The number of hydrogen-bond donors (Lipinski definition) is 3. The van der Waals surface area contributed by atoms with Gasteiger partial charge in [-0.25, -0.2) is 0 Å². The number of carbonyl (C=O) groups is 2. The molecule has 6 heteroatoms. The van der Waals surface area contributed by atoms with E-state index in [-0.39, 0.29) is 18.5 Å². The molecule has 1 amide bonds. The summed E-state index contributed by atoms with van der Waals surface area (Å²) >= 11 is 0. The van der Waals surface area contributed by atoms with Crippen molar-refractivity contribution in [1.29, 1.82) is 0 Å². The molecule has 3 N–H and O–H groups in total. The summed E-state index contributed by atoms with van der Waals surface area (Å²) in [7, 11) is 0. The Bertz CT molecular complexity index is 1020. The van der Waals surface area contributed by atoms with E-state index in [1.807, 2.05) is 0 Å². The predicted octanol–water partition coefficient (Wildman–Crippen LogP) is 19.2. The summed E-state index contributed by atoms with van der Waals surface area (Å²) < 4.78 is 5.46. The number of hydrogen-bond acceptors (Lipinski definition) is 5. The first-order valence-electron chi connectivity index (χ1n) is 30.9. The number of esters is 1. The van der Waals surface area contributed by atoms with E-state index >= 15 is 0 Å². The van der Waals surface area contributed by atoms with Crippen LogP contribution >= 0.6 is 0 Å². The smallest absolute Gasteiger partial charge is 0.305 e. The number of rotatable bonds is 58. The van der Waals surface area contributed by atoms with Crippen molar-refractivity contribution in [2.75, 3.05) is 13.2 Å². The second-order valence-electron chi connectivity index (χ2n) is 21.4. The molecule has 0 saturated carbocycles. The Kier molecular flexibility index (Phi) is 57.0. The van der Waals surface area contributed by atoms with Gasteiger partial charge in [-0.15, -0.1) is 0 Å². The van der Waals surface area contributed by atoms with E-state index < -0.39 is 12.1 Å². The summed E-state index contributed by atoms with van der Waals surface area (Å²) in [5.41, 5.74) is 0. The van der Waals surface area contributed by atoms with E-state index in [1.54, 1.807) is 0 Å². The Balaban J connectivity index is 3.43.